The molecule has 0 bridgehead atoms. The maximum Gasteiger partial charge on any atom is 0.113 e. The Kier molecular flexibility index (Phi) is 2.62. The Balaban J connectivity index is 2.41. The van der Waals surface area contributed by atoms with Gasteiger partial charge in [-0.15, -0.1) is 0 Å². The third kappa shape index (κ3) is 1.72. The molecule has 4 aromatic rings. The van der Waals surface area contributed by atoms with E-state index < -0.39 is 0 Å². The van der Waals surface area contributed by atoms with Gasteiger partial charge >= 0.3 is 0 Å². The van der Waals surface area contributed by atoms with Crippen LogP contribution >= 0.6 is 43.6 Å². The highest BCUT2D eigenvalue weighted by molar-refractivity contribution is 9.10. The zero-order valence-corrected chi connectivity index (χ0v) is 13.5. The first-order chi connectivity index (χ1) is 9.24. The average Bonchev–Trinajstić information content (AvgIpc) is 2.88. The molecule has 0 unspecified atom stereocenters. The number of benzene rings is 3. The molecule has 92 valence electrons. The van der Waals surface area contributed by atoms with Gasteiger partial charge in [-0.05, 0) is 35.0 Å². The van der Waals surface area contributed by atoms with Crippen molar-refractivity contribution in [3.05, 3.63) is 45.3 Å². The van der Waals surface area contributed by atoms with Crippen LogP contribution in [0.1, 0.15) is 0 Å². The summed E-state index contributed by atoms with van der Waals surface area (Å²) < 4.78 is 11.1. The third-order valence-electron chi connectivity index (χ3n) is 3.25. The van der Waals surface area contributed by atoms with Crippen molar-refractivity contribution < 1.29 is 0 Å². The Morgan fingerprint density at radius 3 is 1.63 bits per heavy atom. The van der Waals surface area contributed by atoms with Gasteiger partial charge in [0.2, 0.25) is 0 Å². The zero-order valence-electron chi connectivity index (χ0n) is 9.52. The first-order valence-electron chi connectivity index (χ1n) is 5.67. The SMILES string of the molecule is Brc1ccc2c(c1)c1cc(Br)ccc1c1nsnc21. The quantitative estimate of drug-likeness (QED) is 0.367. The Labute approximate surface area is 130 Å². The molecule has 3 aromatic carbocycles. The molecule has 0 fully saturated rings. The van der Waals surface area contributed by atoms with Crippen molar-refractivity contribution in [1.29, 1.82) is 0 Å². The normalized spacial score (nSPS) is 11.7. The van der Waals surface area contributed by atoms with Crippen LogP contribution in [-0.2, 0) is 0 Å². The van der Waals surface area contributed by atoms with E-state index in [0.717, 1.165) is 30.8 Å². The van der Waals surface area contributed by atoms with Crippen LogP contribution in [0.4, 0.5) is 0 Å². The van der Waals surface area contributed by atoms with Crippen LogP contribution in [0.3, 0.4) is 0 Å². The maximum absolute atomic E-state index is 4.45. The van der Waals surface area contributed by atoms with Crippen molar-refractivity contribution in [3.8, 4) is 0 Å². The van der Waals surface area contributed by atoms with Crippen LogP contribution in [0.25, 0.3) is 32.6 Å². The molecule has 0 aliphatic heterocycles. The van der Waals surface area contributed by atoms with Crippen LogP contribution in [0.15, 0.2) is 45.3 Å². The molecule has 0 atom stereocenters. The summed E-state index contributed by atoms with van der Waals surface area (Å²) in [6, 6.07) is 12.6. The molecule has 4 rings (SSSR count). The first kappa shape index (κ1) is 11.8. The molecule has 0 saturated carbocycles. The number of fused-ring (bicyclic) bond motifs is 6. The molecule has 19 heavy (non-hydrogen) atoms. The fraction of sp³-hybridized carbons (Fsp3) is 0. The van der Waals surface area contributed by atoms with Crippen LogP contribution < -0.4 is 0 Å². The molecular weight excluding hydrogens is 388 g/mol. The lowest BCUT2D eigenvalue weighted by molar-refractivity contribution is 1.67. The molecule has 0 aliphatic carbocycles. The van der Waals surface area contributed by atoms with Crippen molar-refractivity contribution in [1.82, 2.24) is 8.75 Å². The van der Waals surface area contributed by atoms with E-state index in [1.807, 2.05) is 12.1 Å². The number of halogens is 2. The van der Waals surface area contributed by atoms with E-state index in [0.29, 0.717) is 0 Å². The molecule has 2 nitrogen and oxygen atoms in total. The molecule has 0 saturated heterocycles. The number of nitrogens with zero attached hydrogens (tertiary/aromatic N) is 2. The van der Waals surface area contributed by atoms with Gasteiger partial charge in [-0.2, -0.15) is 8.75 Å². The standard InChI is InChI=1S/C14H6Br2N2S/c15-7-1-3-9-11(5-7)12-6-8(16)2-4-10(12)14-13(9)17-19-18-14/h1-6H. The van der Waals surface area contributed by atoms with Crippen molar-refractivity contribution in [2.75, 3.05) is 0 Å². The predicted octanol–water partition coefficient (Wildman–Crippen LogP) is 5.52. The lowest BCUT2D eigenvalue weighted by Crippen LogP contribution is -1.82. The highest BCUT2D eigenvalue weighted by Gasteiger charge is 2.12. The molecule has 1 aromatic heterocycles. The fourth-order valence-electron chi connectivity index (χ4n) is 2.43. The largest absolute Gasteiger partial charge is 0.172 e. The summed E-state index contributed by atoms with van der Waals surface area (Å²) in [7, 11) is 0. The van der Waals surface area contributed by atoms with Crippen LogP contribution in [0, 0.1) is 0 Å². The molecule has 0 aliphatic rings. The minimum absolute atomic E-state index is 0.988. The summed E-state index contributed by atoms with van der Waals surface area (Å²) >= 11 is 8.36. The topological polar surface area (TPSA) is 25.8 Å². The van der Waals surface area contributed by atoms with Crippen LogP contribution in [-0.4, -0.2) is 8.75 Å². The van der Waals surface area contributed by atoms with Gasteiger partial charge in [0, 0.05) is 19.7 Å². The van der Waals surface area contributed by atoms with Gasteiger partial charge in [0.1, 0.15) is 11.0 Å². The summed E-state index contributed by atoms with van der Waals surface area (Å²) in [5.41, 5.74) is 1.98. The van der Waals surface area contributed by atoms with E-state index in [1.165, 1.54) is 22.5 Å². The Bertz CT molecular complexity index is 871. The smallest absolute Gasteiger partial charge is 0.113 e. The summed E-state index contributed by atoms with van der Waals surface area (Å²) in [5.74, 6) is 0. The summed E-state index contributed by atoms with van der Waals surface area (Å²) in [5, 5.41) is 4.70. The van der Waals surface area contributed by atoms with Gasteiger partial charge < -0.3 is 0 Å². The second-order valence-electron chi connectivity index (χ2n) is 4.34. The van der Waals surface area contributed by atoms with Gasteiger partial charge in [-0.25, -0.2) is 0 Å². The van der Waals surface area contributed by atoms with Crippen molar-refractivity contribution >= 4 is 76.2 Å². The maximum atomic E-state index is 4.45. The second-order valence-corrected chi connectivity index (χ2v) is 6.70. The number of hydrogen-bond donors (Lipinski definition) is 0. The van der Waals surface area contributed by atoms with Crippen molar-refractivity contribution in [2.45, 2.75) is 0 Å². The molecule has 0 spiro atoms. The van der Waals surface area contributed by atoms with Crippen molar-refractivity contribution in [2.24, 2.45) is 0 Å². The third-order valence-corrected chi connectivity index (χ3v) is 4.77. The monoisotopic (exact) mass is 392 g/mol. The van der Waals surface area contributed by atoms with Gasteiger partial charge in [0.05, 0.1) is 11.7 Å². The summed E-state index contributed by atoms with van der Waals surface area (Å²) in [6.45, 7) is 0. The molecular formula is C14H6Br2N2S. The first-order valence-corrected chi connectivity index (χ1v) is 7.98. The van der Waals surface area contributed by atoms with Gasteiger partial charge in [-0.3, -0.25) is 0 Å². The van der Waals surface area contributed by atoms with E-state index in [4.69, 9.17) is 0 Å². The highest BCUT2D eigenvalue weighted by atomic mass is 79.9. The lowest BCUT2D eigenvalue weighted by atomic mass is 10.0. The second kappa shape index (κ2) is 4.23. The fourth-order valence-corrected chi connectivity index (χ4v) is 3.73. The van der Waals surface area contributed by atoms with E-state index >= 15 is 0 Å². The Morgan fingerprint density at radius 2 is 1.16 bits per heavy atom. The molecule has 1 heterocycles. The van der Waals surface area contributed by atoms with Crippen LogP contribution in [0.5, 0.6) is 0 Å². The van der Waals surface area contributed by atoms with Gasteiger partial charge in [-0.1, -0.05) is 44.0 Å². The Hall–Kier alpha value is -1.04. The van der Waals surface area contributed by atoms with E-state index in [1.54, 1.807) is 0 Å². The molecule has 5 heteroatoms. The number of hydrogen-bond acceptors (Lipinski definition) is 3. The zero-order chi connectivity index (χ0) is 13.0. The Morgan fingerprint density at radius 1 is 0.684 bits per heavy atom. The minimum Gasteiger partial charge on any atom is -0.172 e. The number of rotatable bonds is 0. The summed E-state index contributed by atoms with van der Waals surface area (Å²) in [6.07, 6.45) is 0. The van der Waals surface area contributed by atoms with E-state index in [2.05, 4.69) is 64.9 Å². The van der Waals surface area contributed by atoms with Gasteiger partial charge in [0.15, 0.2) is 0 Å². The van der Waals surface area contributed by atoms with Gasteiger partial charge in [0.25, 0.3) is 0 Å². The minimum atomic E-state index is 0.988. The highest BCUT2D eigenvalue weighted by Crippen LogP contribution is 2.36. The lowest BCUT2D eigenvalue weighted by Gasteiger charge is -2.06. The van der Waals surface area contributed by atoms with Crippen LogP contribution in [0.2, 0.25) is 0 Å². The molecule has 0 N–H and O–H groups in total. The van der Waals surface area contributed by atoms with Crippen molar-refractivity contribution in [3.63, 3.8) is 0 Å². The van der Waals surface area contributed by atoms with E-state index in [9.17, 15) is 0 Å². The summed E-state index contributed by atoms with van der Waals surface area (Å²) in [4.78, 5) is 0. The number of aromatic nitrogens is 2. The van der Waals surface area contributed by atoms with E-state index in [-0.39, 0.29) is 0 Å². The predicted molar refractivity (Wildman–Crippen MR) is 87.8 cm³/mol. The molecule has 0 amide bonds. The molecule has 0 radical (unpaired) electrons. The average molecular weight is 394 g/mol.